The molecule has 1 unspecified atom stereocenters. The standard InChI is InChI=1S/C17H27N3O3/c1-12(19-16(22)23-17(3,4)5)10-18-11-14-6-8-15(9-7-14)20-13(2)21/h6-9,12,18H,10-11H2,1-5H3,(H,19,22)(H,20,21). The number of hydrogen-bond donors (Lipinski definition) is 3. The molecule has 1 rings (SSSR count). The largest absolute Gasteiger partial charge is 0.444 e. The average molecular weight is 321 g/mol. The maximum absolute atomic E-state index is 11.6. The molecule has 1 aromatic carbocycles. The van der Waals surface area contributed by atoms with Crippen molar-refractivity contribution in [2.45, 2.75) is 52.8 Å². The average Bonchev–Trinajstić information content (AvgIpc) is 2.37. The van der Waals surface area contributed by atoms with E-state index in [0.29, 0.717) is 13.1 Å². The van der Waals surface area contributed by atoms with Gasteiger partial charge in [-0.3, -0.25) is 4.79 Å². The van der Waals surface area contributed by atoms with Crippen LogP contribution < -0.4 is 16.0 Å². The van der Waals surface area contributed by atoms with Gasteiger partial charge >= 0.3 is 6.09 Å². The van der Waals surface area contributed by atoms with Crippen LogP contribution in [0.1, 0.15) is 40.2 Å². The summed E-state index contributed by atoms with van der Waals surface area (Å²) in [6.45, 7) is 10.2. The molecule has 0 aromatic heterocycles. The number of carbonyl (C=O) groups is 2. The van der Waals surface area contributed by atoms with Crippen molar-refractivity contribution in [3.8, 4) is 0 Å². The Balaban J connectivity index is 2.30. The topological polar surface area (TPSA) is 79.5 Å². The molecule has 0 spiro atoms. The smallest absolute Gasteiger partial charge is 0.407 e. The molecule has 1 aromatic rings. The van der Waals surface area contributed by atoms with Crippen molar-refractivity contribution in [2.24, 2.45) is 0 Å². The molecule has 3 N–H and O–H groups in total. The highest BCUT2D eigenvalue weighted by Crippen LogP contribution is 2.09. The summed E-state index contributed by atoms with van der Waals surface area (Å²) in [7, 11) is 0. The summed E-state index contributed by atoms with van der Waals surface area (Å²) >= 11 is 0. The maximum Gasteiger partial charge on any atom is 0.407 e. The van der Waals surface area contributed by atoms with E-state index in [2.05, 4.69) is 16.0 Å². The van der Waals surface area contributed by atoms with E-state index in [-0.39, 0.29) is 11.9 Å². The molecule has 2 amide bonds. The van der Waals surface area contributed by atoms with E-state index in [9.17, 15) is 9.59 Å². The first-order chi connectivity index (χ1) is 10.7. The van der Waals surface area contributed by atoms with Gasteiger partial charge in [0.25, 0.3) is 0 Å². The first-order valence-corrected chi connectivity index (χ1v) is 7.72. The highest BCUT2D eigenvalue weighted by atomic mass is 16.6. The summed E-state index contributed by atoms with van der Waals surface area (Å²) in [6.07, 6.45) is -0.411. The molecule has 0 aliphatic carbocycles. The molecule has 0 heterocycles. The van der Waals surface area contributed by atoms with Crippen LogP contribution >= 0.6 is 0 Å². The normalized spacial score (nSPS) is 12.4. The Bertz CT molecular complexity index is 521. The molecule has 0 saturated carbocycles. The van der Waals surface area contributed by atoms with E-state index >= 15 is 0 Å². The Morgan fingerprint density at radius 3 is 2.30 bits per heavy atom. The van der Waals surface area contributed by atoms with Crippen LogP contribution in [-0.4, -0.2) is 30.2 Å². The quantitative estimate of drug-likeness (QED) is 0.752. The van der Waals surface area contributed by atoms with Gasteiger partial charge in [0, 0.05) is 31.7 Å². The van der Waals surface area contributed by atoms with Gasteiger partial charge in [-0.25, -0.2) is 4.79 Å². The second-order valence-electron chi connectivity index (χ2n) is 6.56. The van der Waals surface area contributed by atoms with Gasteiger partial charge in [0.05, 0.1) is 0 Å². The number of benzene rings is 1. The van der Waals surface area contributed by atoms with Crippen molar-refractivity contribution in [2.75, 3.05) is 11.9 Å². The number of amides is 2. The Kier molecular flexibility index (Phi) is 7.03. The zero-order valence-corrected chi connectivity index (χ0v) is 14.5. The van der Waals surface area contributed by atoms with Crippen LogP contribution in [0.4, 0.5) is 10.5 Å². The molecule has 128 valence electrons. The molecule has 0 radical (unpaired) electrons. The van der Waals surface area contributed by atoms with Crippen molar-refractivity contribution in [1.29, 1.82) is 0 Å². The van der Waals surface area contributed by atoms with Crippen LogP contribution in [0.5, 0.6) is 0 Å². The predicted molar refractivity (Wildman–Crippen MR) is 91.3 cm³/mol. The fourth-order valence-electron chi connectivity index (χ4n) is 1.90. The Labute approximate surface area is 138 Å². The third kappa shape index (κ3) is 8.83. The summed E-state index contributed by atoms with van der Waals surface area (Å²) in [5.74, 6) is -0.0853. The minimum absolute atomic E-state index is 0.0384. The van der Waals surface area contributed by atoms with Crippen LogP contribution in [0.25, 0.3) is 0 Å². The summed E-state index contributed by atoms with van der Waals surface area (Å²) in [6, 6.07) is 7.58. The molecular formula is C17H27N3O3. The summed E-state index contributed by atoms with van der Waals surface area (Å²) in [5.41, 5.74) is 1.39. The Hall–Kier alpha value is -2.08. The van der Waals surface area contributed by atoms with E-state index in [4.69, 9.17) is 4.74 Å². The van der Waals surface area contributed by atoms with Gasteiger partial charge in [-0.05, 0) is 45.4 Å². The van der Waals surface area contributed by atoms with Gasteiger partial charge in [-0.15, -0.1) is 0 Å². The number of anilines is 1. The molecule has 0 bridgehead atoms. The lowest BCUT2D eigenvalue weighted by Gasteiger charge is -2.22. The lowest BCUT2D eigenvalue weighted by molar-refractivity contribution is -0.114. The zero-order valence-electron chi connectivity index (χ0n) is 14.5. The highest BCUT2D eigenvalue weighted by molar-refractivity contribution is 5.88. The van der Waals surface area contributed by atoms with E-state index in [1.54, 1.807) is 0 Å². The molecule has 1 atom stereocenters. The van der Waals surface area contributed by atoms with Crippen LogP contribution in [0.3, 0.4) is 0 Å². The second-order valence-corrected chi connectivity index (χ2v) is 6.56. The number of alkyl carbamates (subject to hydrolysis) is 1. The van der Waals surface area contributed by atoms with Gasteiger partial charge in [0.2, 0.25) is 5.91 Å². The van der Waals surface area contributed by atoms with E-state index in [1.165, 1.54) is 6.92 Å². The summed E-state index contributed by atoms with van der Waals surface area (Å²) in [5, 5.41) is 8.78. The molecule has 0 aliphatic heterocycles. The minimum atomic E-state index is -0.493. The summed E-state index contributed by atoms with van der Waals surface area (Å²) in [4.78, 5) is 22.6. The van der Waals surface area contributed by atoms with E-state index in [0.717, 1.165) is 11.3 Å². The molecule has 0 saturated heterocycles. The van der Waals surface area contributed by atoms with Crippen molar-refractivity contribution in [1.82, 2.24) is 10.6 Å². The molecule has 0 aliphatic rings. The van der Waals surface area contributed by atoms with Crippen LogP contribution in [0.15, 0.2) is 24.3 Å². The molecule has 6 heteroatoms. The first-order valence-electron chi connectivity index (χ1n) is 7.72. The maximum atomic E-state index is 11.6. The number of nitrogens with one attached hydrogen (secondary N) is 3. The Morgan fingerprint density at radius 2 is 1.78 bits per heavy atom. The molecule has 0 fully saturated rings. The van der Waals surface area contributed by atoms with Crippen molar-refractivity contribution in [3.63, 3.8) is 0 Å². The number of rotatable bonds is 6. The molecular weight excluding hydrogens is 294 g/mol. The van der Waals surface area contributed by atoms with Crippen molar-refractivity contribution < 1.29 is 14.3 Å². The fraction of sp³-hybridized carbons (Fsp3) is 0.529. The van der Waals surface area contributed by atoms with Crippen molar-refractivity contribution >= 4 is 17.7 Å². The van der Waals surface area contributed by atoms with Crippen LogP contribution in [0, 0.1) is 0 Å². The molecule has 23 heavy (non-hydrogen) atoms. The predicted octanol–water partition coefficient (Wildman–Crippen LogP) is 2.65. The number of hydrogen-bond acceptors (Lipinski definition) is 4. The second kappa shape index (κ2) is 8.53. The number of ether oxygens (including phenoxy) is 1. The van der Waals surface area contributed by atoms with Gasteiger partial charge in [0.1, 0.15) is 5.60 Å². The SMILES string of the molecule is CC(=O)Nc1ccc(CNCC(C)NC(=O)OC(C)(C)C)cc1. The lowest BCUT2D eigenvalue weighted by atomic mass is 10.2. The highest BCUT2D eigenvalue weighted by Gasteiger charge is 2.17. The zero-order chi connectivity index (χ0) is 17.5. The fourth-order valence-corrected chi connectivity index (χ4v) is 1.90. The van der Waals surface area contributed by atoms with Crippen LogP contribution in [-0.2, 0) is 16.1 Å². The van der Waals surface area contributed by atoms with E-state index < -0.39 is 11.7 Å². The lowest BCUT2D eigenvalue weighted by Crippen LogP contribution is -2.42. The van der Waals surface area contributed by atoms with Gasteiger partial charge in [-0.1, -0.05) is 12.1 Å². The Morgan fingerprint density at radius 1 is 1.17 bits per heavy atom. The minimum Gasteiger partial charge on any atom is -0.444 e. The molecule has 6 nitrogen and oxygen atoms in total. The third-order valence-electron chi connectivity index (χ3n) is 2.82. The summed E-state index contributed by atoms with van der Waals surface area (Å²) < 4.78 is 5.21. The van der Waals surface area contributed by atoms with Gasteiger partial charge < -0.3 is 20.7 Å². The van der Waals surface area contributed by atoms with Gasteiger partial charge in [0.15, 0.2) is 0 Å². The van der Waals surface area contributed by atoms with E-state index in [1.807, 2.05) is 52.0 Å². The van der Waals surface area contributed by atoms with Crippen molar-refractivity contribution in [3.05, 3.63) is 29.8 Å². The monoisotopic (exact) mass is 321 g/mol. The van der Waals surface area contributed by atoms with Crippen LogP contribution in [0.2, 0.25) is 0 Å². The third-order valence-corrected chi connectivity index (χ3v) is 2.82. The van der Waals surface area contributed by atoms with Gasteiger partial charge in [-0.2, -0.15) is 0 Å². The number of carbonyl (C=O) groups excluding carboxylic acids is 2. The first kappa shape index (κ1) is 19.0.